The van der Waals surface area contributed by atoms with Crippen molar-refractivity contribution in [1.82, 2.24) is 14.8 Å². The van der Waals surface area contributed by atoms with E-state index in [4.69, 9.17) is 4.74 Å². The molecule has 0 aliphatic carbocycles. The topological polar surface area (TPSA) is 45.7 Å². The number of nitrogens with zero attached hydrogens (tertiary/aromatic N) is 3. The maximum Gasteiger partial charge on any atom is 0.233 e. The quantitative estimate of drug-likeness (QED) is 0.554. The van der Waals surface area contributed by atoms with Gasteiger partial charge in [0.2, 0.25) is 5.91 Å². The van der Waals surface area contributed by atoms with Gasteiger partial charge in [-0.15, -0.1) is 11.3 Å². The highest BCUT2D eigenvalue weighted by molar-refractivity contribution is 8.01. The van der Waals surface area contributed by atoms with E-state index in [1.54, 1.807) is 30.2 Å². The van der Waals surface area contributed by atoms with Gasteiger partial charge in [-0.05, 0) is 36.2 Å². The molecule has 1 aromatic heterocycles. The maximum atomic E-state index is 12.7. The second kappa shape index (κ2) is 9.61. The molecular formula is C22H25N3O2S2. The fourth-order valence-electron chi connectivity index (χ4n) is 3.50. The summed E-state index contributed by atoms with van der Waals surface area (Å²) in [5, 5.41) is 0. The molecule has 7 heteroatoms. The molecule has 152 valence electrons. The van der Waals surface area contributed by atoms with Gasteiger partial charge in [0.25, 0.3) is 0 Å². The van der Waals surface area contributed by atoms with E-state index in [9.17, 15) is 4.79 Å². The summed E-state index contributed by atoms with van der Waals surface area (Å²) < 4.78 is 7.37. The van der Waals surface area contributed by atoms with Gasteiger partial charge in [-0.1, -0.05) is 36.0 Å². The fourth-order valence-corrected chi connectivity index (χ4v) is 5.47. The lowest BCUT2D eigenvalue weighted by Crippen LogP contribution is -2.36. The monoisotopic (exact) mass is 427 g/mol. The average molecular weight is 428 g/mol. The Morgan fingerprint density at radius 2 is 1.93 bits per heavy atom. The molecule has 29 heavy (non-hydrogen) atoms. The van der Waals surface area contributed by atoms with Crippen LogP contribution in [0.4, 0.5) is 0 Å². The lowest BCUT2D eigenvalue weighted by atomic mass is 10.2. The van der Waals surface area contributed by atoms with Crippen LogP contribution >= 0.6 is 23.1 Å². The van der Waals surface area contributed by atoms with Gasteiger partial charge in [0.05, 0.1) is 23.1 Å². The molecule has 0 unspecified atom stereocenters. The Morgan fingerprint density at radius 1 is 1.10 bits per heavy atom. The van der Waals surface area contributed by atoms with Crippen LogP contribution in [-0.2, 0) is 11.3 Å². The third-order valence-corrected chi connectivity index (χ3v) is 7.26. The van der Waals surface area contributed by atoms with Crippen LogP contribution in [0, 0.1) is 0 Å². The summed E-state index contributed by atoms with van der Waals surface area (Å²) in [6.07, 6.45) is 1.01. The van der Waals surface area contributed by atoms with Crippen molar-refractivity contribution in [2.75, 3.05) is 39.0 Å². The van der Waals surface area contributed by atoms with E-state index >= 15 is 0 Å². The number of benzene rings is 2. The fraction of sp³-hybridized carbons (Fsp3) is 0.364. The molecule has 2 aromatic carbocycles. The van der Waals surface area contributed by atoms with Gasteiger partial charge < -0.3 is 9.64 Å². The van der Waals surface area contributed by atoms with Crippen molar-refractivity contribution in [2.45, 2.75) is 17.3 Å². The molecule has 2 heterocycles. The highest BCUT2D eigenvalue weighted by Gasteiger charge is 2.20. The number of ether oxygens (including phenoxy) is 1. The third kappa shape index (κ3) is 5.29. The molecule has 0 N–H and O–H groups in total. The molecule has 3 aromatic rings. The van der Waals surface area contributed by atoms with E-state index in [0.717, 1.165) is 54.8 Å². The predicted molar refractivity (Wildman–Crippen MR) is 120 cm³/mol. The standard InChI is InChI=1S/C22H25N3O2S2/c1-27-18-9-7-17(8-10-18)15-24-11-4-12-25(14-13-24)21(26)16-28-22-23-19-5-2-3-6-20(19)29-22/h2-3,5-10H,4,11-16H2,1H3. The normalized spacial score (nSPS) is 15.4. The summed E-state index contributed by atoms with van der Waals surface area (Å²) in [6.45, 7) is 4.45. The number of rotatable bonds is 6. The summed E-state index contributed by atoms with van der Waals surface area (Å²) >= 11 is 3.21. The molecule has 0 radical (unpaired) electrons. The molecule has 0 bridgehead atoms. The smallest absolute Gasteiger partial charge is 0.233 e. The first-order valence-corrected chi connectivity index (χ1v) is 11.6. The van der Waals surface area contributed by atoms with Gasteiger partial charge in [0.1, 0.15) is 5.75 Å². The summed E-state index contributed by atoms with van der Waals surface area (Å²) in [6, 6.07) is 16.3. The van der Waals surface area contributed by atoms with Crippen LogP contribution in [0.5, 0.6) is 5.75 Å². The van der Waals surface area contributed by atoms with Crippen molar-refractivity contribution in [1.29, 1.82) is 0 Å². The van der Waals surface area contributed by atoms with Gasteiger partial charge in [-0.2, -0.15) is 0 Å². The minimum atomic E-state index is 0.209. The van der Waals surface area contributed by atoms with Crippen LogP contribution in [0.2, 0.25) is 0 Å². The summed E-state index contributed by atoms with van der Waals surface area (Å²) in [7, 11) is 1.69. The zero-order valence-corrected chi connectivity index (χ0v) is 18.2. The number of para-hydroxylation sites is 1. The van der Waals surface area contributed by atoms with Crippen LogP contribution in [0.15, 0.2) is 52.9 Å². The number of methoxy groups -OCH3 is 1. The predicted octanol–water partition coefficient (Wildman–Crippen LogP) is 4.13. The van der Waals surface area contributed by atoms with E-state index in [1.807, 2.05) is 35.2 Å². The van der Waals surface area contributed by atoms with Crippen molar-refractivity contribution < 1.29 is 9.53 Å². The zero-order chi connectivity index (χ0) is 20.1. The first kappa shape index (κ1) is 20.2. The average Bonchev–Trinajstić information content (AvgIpc) is 3.03. The van der Waals surface area contributed by atoms with Crippen LogP contribution in [0.1, 0.15) is 12.0 Å². The molecule has 0 atom stereocenters. The van der Waals surface area contributed by atoms with Crippen molar-refractivity contribution in [2.24, 2.45) is 0 Å². The minimum absolute atomic E-state index is 0.209. The van der Waals surface area contributed by atoms with Crippen LogP contribution in [-0.4, -0.2) is 59.7 Å². The van der Waals surface area contributed by atoms with Crippen molar-refractivity contribution in [3.05, 3.63) is 54.1 Å². The number of carbonyl (C=O) groups is 1. The first-order valence-electron chi connectivity index (χ1n) is 9.83. The number of amides is 1. The van der Waals surface area contributed by atoms with Crippen molar-refractivity contribution in [3.8, 4) is 5.75 Å². The molecule has 4 rings (SSSR count). The molecule has 1 aliphatic rings. The van der Waals surface area contributed by atoms with Gasteiger partial charge in [0.15, 0.2) is 4.34 Å². The number of hydrogen-bond donors (Lipinski definition) is 0. The Balaban J connectivity index is 1.27. The number of aromatic nitrogens is 1. The Hall–Kier alpha value is -2.09. The lowest BCUT2D eigenvalue weighted by Gasteiger charge is -2.22. The highest BCUT2D eigenvalue weighted by atomic mass is 32.2. The number of carbonyl (C=O) groups excluding carboxylic acids is 1. The van der Waals surface area contributed by atoms with Crippen molar-refractivity contribution >= 4 is 39.2 Å². The Morgan fingerprint density at radius 3 is 2.72 bits per heavy atom. The van der Waals surface area contributed by atoms with Crippen molar-refractivity contribution in [3.63, 3.8) is 0 Å². The SMILES string of the molecule is COc1ccc(CN2CCCN(C(=O)CSc3nc4ccccc4s3)CC2)cc1. The molecule has 1 fully saturated rings. The zero-order valence-electron chi connectivity index (χ0n) is 16.5. The van der Waals surface area contributed by atoms with Crippen LogP contribution in [0.3, 0.4) is 0 Å². The molecular weight excluding hydrogens is 402 g/mol. The third-order valence-electron chi connectivity index (χ3n) is 5.10. The van der Waals surface area contributed by atoms with Gasteiger partial charge in [-0.3, -0.25) is 9.69 Å². The summed E-state index contributed by atoms with van der Waals surface area (Å²) in [5.41, 5.74) is 2.29. The van der Waals surface area contributed by atoms with E-state index in [-0.39, 0.29) is 5.91 Å². The largest absolute Gasteiger partial charge is 0.497 e. The number of thioether (sulfide) groups is 1. The molecule has 1 saturated heterocycles. The van der Waals surface area contributed by atoms with Gasteiger partial charge in [-0.25, -0.2) is 4.98 Å². The lowest BCUT2D eigenvalue weighted by molar-refractivity contribution is -0.128. The van der Waals surface area contributed by atoms with E-state index < -0.39 is 0 Å². The number of thiazole rings is 1. The molecule has 1 amide bonds. The summed E-state index contributed by atoms with van der Waals surface area (Å²) in [5.74, 6) is 1.55. The molecule has 1 aliphatic heterocycles. The molecule has 5 nitrogen and oxygen atoms in total. The Labute approximate surface area is 179 Å². The van der Waals surface area contributed by atoms with Gasteiger partial charge in [0, 0.05) is 32.7 Å². The van der Waals surface area contributed by atoms with Gasteiger partial charge >= 0.3 is 0 Å². The molecule has 0 spiro atoms. The molecule has 0 saturated carbocycles. The van der Waals surface area contributed by atoms with Crippen LogP contribution in [0.25, 0.3) is 10.2 Å². The summed E-state index contributed by atoms with van der Waals surface area (Å²) in [4.78, 5) is 21.8. The van der Waals surface area contributed by atoms with Crippen LogP contribution < -0.4 is 4.74 Å². The second-order valence-corrected chi connectivity index (χ2v) is 9.35. The van der Waals surface area contributed by atoms with E-state index in [2.05, 4.69) is 28.1 Å². The number of hydrogen-bond acceptors (Lipinski definition) is 6. The highest BCUT2D eigenvalue weighted by Crippen LogP contribution is 2.29. The maximum absolute atomic E-state index is 12.7. The Kier molecular flexibility index (Phi) is 6.69. The first-order chi connectivity index (χ1) is 14.2. The van der Waals surface area contributed by atoms with E-state index in [1.165, 1.54) is 10.3 Å². The minimum Gasteiger partial charge on any atom is -0.497 e. The number of fused-ring (bicyclic) bond motifs is 1. The second-order valence-electron chi connectivity index (χ2n) is 7.09. The Bertz CT molecular complexity index is 925. The van der Waals surface area contributed by atoms with E-state index in [0.29, 0.717) is 5.75 Å².